The van der Waals surface area contributed by atoms with E-state index < -0.39 is 5.91 Å². The minimum Gasteiger partial charge on any atom is -0.495 e. The molecule has 2 aromatic heterocycles. The Kier molecular flexibility index (Phi) is 4.15. The first-order valence-electron chi connectivity index (χ1n) is 6.51. The van der Waals surface area contributed by atoms with Crippen molar-refractivity contribution in [2.45, 2.75) is 0 Å². The number of nitrogens with one attached hydrogen (secondary N) is 1. The monoisotopic (exact) mass is 330 g/mol. The van der Waals surface area contributed by atoms with Crippen LogP contribution in [0.1, 0.15) is 10.5 Å². The number of amides is 1. The molecular weight excluding hydrogens is 320 g/mol. The fourth-order valence-corrected chi connectivity index (χ4v) is 2.03. The molecule has 0 aliphatic carbocycles. The zero-order valence-corrected chi connectivity index (χ0v) is 12.7. The lowest BCUT2D eigenvalue weighted by Gasteiger charge is -2.10. The molecule has 1 amide bonds. The zero-order valence-electron chi connectivity index (χ0n) is 12.0. The van der Waals surface area contributed by atoms with Crippen LogP contribution in [-0.4, -0.2) is 38.0 Å². The van der Waals surface area contributed by atoms with Crippen molar-refractivity contribution in [2.75, 3.05) is 12.4 Å². The normalized spacial score (nSPS) is 10.3. The van der Waals surface area contributed by atoms with Crippen molar-refractivity contribution in [3.05, 3.63) is 53.7 Å². The Hall–Kier alpha value is -3.00. The summed E-state index contributed by atoms with van der Waals surface area (Å²) in [7, 11) is 1.51. The van der Waals surface area contributed by atoms with Gasteiger partial charge in [-0.2, -0.15) is 5.10 Å². The summed E-state index contributed by atoms with van der Waals surface area (Å²) < 4.78 is 6.62. The second kappa shape index (κ2) is 6.41. The van der Waals surface area contributed by atoms with Gasteiger partial charge in [-0.3, -0.25) is 4.79 Å². The van der Waals surface area contributed by atoms with E-state index in [9.17, 15) is 4.79 Å². The smallest absolute Gasteiger partial charge is 0.276 e. The Labute approximate surface area is 136 Å². The van der Waals surface area contributed by atoms with Gasteiger partial charge in [-0.15, -0.1) is 10.2 Å². The summed E-state index contributed by atoms with van der Waals surface area (Å²) in [5.41, 5.74) is 0.600. The summed E-state index contributed by atoms with van der Waals surface area (Å²) >= 11 is 5.93. The lowest BCUT2D eigenvalue weighted by atomic mass is 10.2. The SMILES string of the molecule is COc1ccc(Cl)cc1NC(=O)c1ccc(-n2cncn2)nn1. The number of carbonyl (C=O) groups excluding carboxylic acids is 1. The largest absolute Gasteiger partial charge is 0.495 e. The number of nitrogens with zero attached hydrogens (tertiary/aromatic N) is 5. The molecule has 116 valence electrons. The van der Waals surface area contributed by atoms with Gasteiger partial charge in [0.15, 0.2) is 11.5 Å². The number of carbonyl (C=O) groups is 1. The van der Waals surface area contributed by atoms with Crippen molar-refractivity contribution in [3.63, 3.8) is 0 Å². The molecule has 8 nitrogen and oxygen atoms in total. The van der Waals surface area contributed by atoms with Gasteiger partial charge in [-0.05, 0) is 30.3 Å². The highest BCUT2D eigenvalue weighted by molar-refractivity contribution is 6.31. The Balaban J connectivity index is 1.80. The lowest BCUT2D eigenvalue weighted by Crippen LogP contribution is -2.15. The molecule has 0 bridgehead atoms. The van der Waals surface area contributed by atoms with Crippen molar-refractivity contribution in [2.24, 2.45) is 0 Å². The van der Waals surface area contributed by atoms with E-state index in [0.717, 1.165) is 0 Å². The summed E-state index contributed by atoms with van der Waals surface area (Å²) in [5, 5.41) is 14.9. The number of hydrogen-bond acceptors (Lipinski definition) is 6. The summed E-state index contributed by atoms with van der Waals surface area (Å²) in [6.45, 7) is 0. The molecule has 0 saturated heterocycles. The second-order valence-corrected chi connectivity index (χ2v) is 4.85. The number of anilines is 1. The van der Waals surface area contributed by atoms with Crippen LogP contribution in [0.15, 0.2) is 43.0 Å². The zero-order chi connectivity index (χ0) is 16.2. The number of methoxy groups -OCH3 is 1. The van der Waals surface area contributed by atoms with Crippen LogP contribution in [0.5, 0.6) is 5.75 Å². The number of halogens is 1. The van der Waals surface area contributed by atoms with Gasteiger partial charge in [0.05, 0.1) is 12.8 Å². The average Bonchev–Trinajstić information content (AvgIpc) is 3.10. The van der Waals surface area contributed by atoms with E-state index in [1.54, 1.807) is 24.3 Å². The molecule has 9 heteroatoms. The van der Waals surface area contributed by atoms with Crippen molar-refractivity contribution in [1.29, 1.82) is 0 Å². The van der Waals surface area contributed by atoms with Crippen molar-refractivity contribution < 1.29 is 9.53 Å². The number of benzene rings is 1. The van der Waals surface area contributed by atoms with Gasteiger partial charge < -0.3 is 10.1 Å². The number of aromatic nitrogens is 5. The molecule has 3 rings (SSSR count). The topological polar surface area (TPSA) is 94.8 Å². The van der Waals surface area contributed by atoms with Crippen LogP contribution in [0.2, 0.25) is 5.02 Å². The van der Waals surface area contributed by atoms with E-state index in [1.807, 2.05) is 0 Å². The number of hydrogen-bond donors (Lipinski definition) is 1. The summed E-state index contributed by atoms with van der Waals surface area (Å²) in [6, 6.07) is 8.08. The molecule has 3 aromatic rings. The molecule has 0 aliphatic rings. The van der Waals surface area contributed by atoms with Gasteiger partial charge in [0.2, 0.25) is 0 Å². The Morgan fingerprint density at radius 3 is 2.78 bits per heavy atom. The van der Waals surface area contributed by atoms with Crippen LogP contribution in [0.25, 0.3) is 5.82 Å². The van der Waals surface area contributed by atoms with E-state index in [4.69, 9.17) is 16.3 Å². The molecule has 0 atom stereocenters. The van der Waals surface area contributed by atoms with Gasteiger partial charge in [0.25, 0.3) is 5.91 Å². The van der Waals surface area contributed by atoms with Gasteiger partial charge in [0.1, 0.15) is 18.4 Å². The van der Waals surface area contributed by atoms with E-state index in [2.05, 4.69) is 25.6 Å². The van der Waals surface area contributed by atoms with Crippen molar-refractivity contribution >= 4 is 23.2 Å². The van der Waals surface area contributed by atoms with Crippen LogP contribution in [0.3, 0.4) is 0 Å². The predicted octanol–water partition coefficient (Wildman–Crippen LogP) is 1.97. The molecule has 0 fully saturated rings. The summed E-state index contributed by atoms with van der Waals surface area (Å²) in [4.78, 5) is 16.1. The van der Waals surface area contributed by atoms with E-state index in [-0.39, 0.29) is 5.69 Å². The standard InChI is InChI=1S/C14H11ClN6O2/c1-23-12-4-2-9(15)6-11(12)18-14(22)10-3-5-13(20-19-10)21-8-16-7-17-21/h2-8H,1H3,(H,18,22). The molecule has 0 unspecified atom stereocenters. The van der Waals surface area contributed by atoms with Gasteiger partial charge in [0, 0.05) is 5.02 Å². The van der Waals surface area contributed by atoms with Crippen LogP contribution in [0.4, 0.5) is 5.69 Å². The molecule has 0 aliphatic heterocycles. The highest BCUT2D eigenvalue weighted by Gasteiger charge is 2.12. The third-order valence-corrected chi connectivity index (χ3v) is 3.18. The quantitative estimate of drug-likeness (QED) is 0.786. The first-order valence-corrected chi connectivity index (χ1v) is 6.89. The summed E-state index contributed by atoms with van der Waals surface area (Å²) in [6.07, 6.45) is 2.87. The van der Waals surface area contributed by atoms with E-state index in [0.29, 0.717) is 22.3 Å². The van der Waals surface area contributed by atoms with Crippen LogP contribution in [0, 0.1) is 0 Å². The molecule has 1 aromatic carbocycles. The van der Waals surface area contributed by atoms with E-state index >= 15 is 0 Å². The third-order valence-electron chi connectivity index (χ3n) is 2.95. The van der Waals surface area contributed by atoms with Crippen LogP contribution < -0.4 is 10.1 Å². The highest BCUT2D eigenvalue weighted by atomic mass is 35.5. The maximum Gasteiger partial charge on any atom is 0.276 e. The lowest BCUT2D eigenvalue weighted by molar-refractivity contribution is 0.102. The maximum atomic E-state index is 12.2. The average molecular weight is 331 g/mol. The van der Waals surface area contributed by atoms with Crippen LogP contribution in [-0.2, 0) is 0 Å². The molecule has 2 heterocycles. The first kappa shape index (κ1) is 14.9. The minimum absolute atomic E-state index is 0.149. The Morgan fingerprint density at radius 1 is 1.26 bits per heavy atom. The first-order chi connectivity index (χ1) is 11.2. The third kappa shape index (κ3) is 3.27. The van der Waals surface area contributed by atoms with Gasteiger partial charge >= 0.3 is 0 Å². The molecule has 0 saturated carbocycles. The van der Waals surface area contributed by atoms with Crippen LogP contribution >= 0.6 is 11.6 Å². The Bertz CT molecular complexity index is 820. The summed E-state index contributed by atoms with van der Waals surface area (Å²) in [5.74, 6) is 0.525. The van der Waals surface area contributed by atoms with Crippen molar-refractivity contribution in [3.8, 4) is 11.6 Å². The van der Waals surface area contributed by atoms with Gasteiger partial charge in [-0.1, -0.05) is 11.6 Å². The fourth-order valence-electron chi connectivity index (χ4n) is 1.86. The molecule has 23 heavy (non-hydrogen) atoms. The van der Waals surface area contributed by atoms with Crippen molar-refractivity contribution in [1.82, 2.24) is 25.0 Å². The van der Waals surface area contributed by atoms with E-state index in [1.165, 1.54) is 30.5 Å². The number of ether oxygens (including phenoxy) is 1. The van der Waals surface area contributed by atoms with Gasteiger partial charge in [-0.25, -0.2) is 9.67 Å². The fraction of sp³-hybridized carbons (Fsp3) is 0.0714. The molecule has 0 spiro atoms. The minimum atomic E-state index is -0.428. The molecule has 0 radical (unpaired) electrons. The molecular formula is C14H11ClN6O2. The number of rotatable bonds is 4. The molecule has 1 N–H and O–H groups in total. The maximum absolute atomic E-state index is 12.2. The highest BCUT2D eigenvalue weighted by Crippen LogP contribution is 2.27. The second-order valence-electron chi connectivity index (χ2n) is 4.42. The Morgan fingerprint density at radius 2 is 2.13 bits per heavy atom. The predicted molar refractivity (Wildman–Crippen MR) is 82.9 cm³/mol.